The third kappa shape index (κ3) is 5.81. The lowest BCUT2D eigenvalue weighted by Crippen LogP contribution is -2.55. The number of nitrogens with zero attached hydrogens (tertiary/aromatic N) is 7. The Morgan fingerprint density at radius 2 is 1.91 bits per heavy atom. The standard InChI is InChI=1S/C36H41N7O2/c1-5-33(44)43-17-16-42(21-27(43)12-14-37)35-29-13-15-41(32-11-7-10-26-9-6-8-25(3)34(26)32)22-31(29)39-36(30(35)19-38)45-23-28-18-24(2)20-40(28)4/h5-11,24,27-28H,1,12-13,15-18,20-23H2,2-4H3/t24-,27+,28+/m1/s1. The number of nitriles is 2. The van der Waals surface area contributed by atoms with Crippen molar-refractivity contribution in [2.24, 2.45) is 5.92 Å². The molecule has 2 saturated heterocycles. The van der Waals surface area contributed by atoms with E-state index in [9.17, 15) is 15.3 Å². The Bertz CT molecular complexity index is 1700. The molecule has 0 saturated carbocycles. The summed E-state index contributed by atoms with van der Waals surface area (Å²) in [6, 6.07) is 17.5. The van der Waals surface area contributed by atoms with E-state index in [-0.39, 0.29) is 24.4 Å². The summed E-state index contributed by atoms with van der Waals surface area (Å²) in [7, 11) is 2.12. The van der Waals surface area contributed by atoms with Gasteiger partial charge in [0.2, 0.25) is 11.8 Å². The number of hydrogen-bond donors (Lipinski definition) is 0. The SMILES string of the molecule is C=CC(=O)N1CCN(c2c(C#N)c(OC[C@@H]3C[C@@H](C)CN3C)nc3c2CCN(c2cccc4cccc(C)c24)C3)C[C@@H]1CC#N. The van der Waals surface area contributed by atoms with Crippen LogP contribution in [0.2, 0.25) is 0 Å². The number of ether oxygens (including phenoxy) is 1. The molecule has 2 aromatic carbocycles. The number of anilines is 2. The van der Waals surface area contributed by atoms with E-state index in [1.165, 1.54) is 28.1 Å². The van der Waals surface area contributed by atoms with Crippen molar-refractivity contribution >= 4 is 28.1 Å². The molecule has 232 valence electrons. The number of benzene rings is 2. The molecule has 0 unspecified atom stereocenters. The summed E-state index contributed by atoms with van der Waals surface area (Å²) in [5.41, 5.74) is 5.66. The fourth-order valence-electron chi connectivity index (χ4n) is 7.54. The highest BCUT2D eigenvalue weighted by Gasteiger charge is 2.35. The minimum Gasteiger partial charge on any atom is -0.475 e. The number of hydrogen-bond acceptors (Lipinski definition) is 8. The van der Waals surface area contributed by atoms with E-state index in [1.807, 2.05) is 0 Å². The average molecular weight is 604 g/mol. The minimum absolute atomic E-state index is 0.174. The molecule has 6 rings (SSSR count). The van der Waals surface area contributed by atoms with Gasteiger partial charge in [-0.05, 0) is 55.8 Å². The van der Waals surface area contributed by atoms with E-state index >= 15 is 0 Å². The van der Waals surface area contributed by atoms with Gasteiger partial charge in [0.1, 0.15) is 18.2 Å². The van der Waals surface area contributed by atoms with Gasteiger partial charge in [-0.1, -0.05) is 43.8 Å². The second-order valence-corrected chi connectivity index (χ2v) is 12.7. The number of rotatable bonds is 7. The number of likely N-dealkylation sites (N-methyl/N-ethyl adjacent to an activating group) is 1. The Morgan fingerprint density at radius 1 is 1.11 bits per heavy atom. The topological polar surface area (TPSA) is 99.7 Å². The third-order valence-electron chi connectivity index (χ3n) is 9.73. The molecule has 0 spiro atoms. The van der Waals surface area contributed by atoms with Crippen LogP contribution in [0.25, 0.3) is 10.8 Å². The predicted molar refractivity (Wildman–Crippen MR) is 176 cm³/mol. The maximum Gasteiger partial charge on any atom is 0.246 e. The molecule has 4 heterocycles. The van der Waals surface area contributed by atoms with Crippen LogP contribution in [-0.4, -0.2) is 79.2 Å². The van der Waals surface area contributed by atoms with Crippen molar-refractivity contribution in [2.75, 3.05) is 56.2 Å². The van der Waals surface area contributed by atoms with Crippen molar-refractivity contribution in [1.29, 1.82) is 10.5 Å². The highest BCUT2D eigenvalue weighted by molar-refractivity contribution is 5.97. The van der Waals surface area contributed by atoms with Crippen LogP contribution in [0.1, 0.15) is 42.1 Å². The molecule has 3 atom stereocenters. The molecular formula is C36H41N7O2. The van der Waals surface area contributed by atoms with Crippen LogP contribution in [0.3, 0.4) is 0 Å². The van der Waals surface area contributed by atoms with Gasteiger partial charge in [0, 0.05) is 55.4 Å². The maximum atomic E-state index is 12.6. The second-order valence-electron chi connectivity index (χ2n) is 12.7. The molecule has 1 amide bonds. The number of aryl methyl sites for hydroxylation is 1. The number of carbonyl (C=O) groups excluding carboxylic acids is 1. The van der Waals surface area contributed by atoms with Gasteiger partial charge < -0.3 is 19.4 Å². The molecule has 3 aliphatic rings. The van der Waals surface area contributed by atoms with Gasteiger partial charge in [0.25, 0.3) is 0 Å². The van der Waals surface area contributed by atoms with E-state index in [0.717, 1.165) is 36.5 Å². The number of pyridine rings is 1. The quantitative estimate of drug-likeness (QED) is 0.355. The molecule has 9 nitrogen and oxygen atoms in total. The molecule has 0 N–H and O–H groups in total. The highest BCUT2D eigenvalue weighted by Crippen LogP contribution is 2.40. The molecule has 3 aromatic rings. The summed E-state index contributed by atoms with van der Waals surface area (Å²) < 4.78 is 6.46. The zero-order valence-corrected chi connectivity index (χ0v) is 26.5. The van der Waals surface area contributed by atoms with Gasteiger partial charge >= 0.3 is 0 Å². The zero-order chi connectivity index (χ0) is 31.7. The lowest BCUT2D eigenvalue weighted by Gasteiger charge is -2.43. The zero-order valence-electron chi connectivity index (χ0n) is 26.5. The Hall–Kier alpha value is -4.60. The van der Waals surface area contributed by atoms with Gasteiger partial charge in [-0.2, -0.15) is 10.5 Å². The first-order valence-electron chi connectivity index (χ1n) is 15.9. The average Bonchev–Trinajstić information content (AvgIpc) is 3.38. The number of likely N-dealkylation sites (tertiary alicyclic amines) is 1. The molecule has 2 fully saturated rings. The number of piperazine rings is 1. The smallest absolute Gasteiger partial charge is 0.246 e. The number of carbonyl (C=O) groups is 1. The first-order chi connectivity index (χ1) is 21.8. The minimum atomic E-state index is -0.304. The number of fused-ring (bicyclic) bond motifs is 2. The van der Waals surface area contributed by atoms with Gasteiger partial charge in [0.15, 0.2) is 0 Å². The molecule has 3 aliphatic heterocycles. The molecular weight excluding hydrogens is 562 g/mol. The highest BCUT2D eigenvalue weighted by atomic mass is 16.5. The van der Waals surface area contributed by atoms with E-state index in [0.29, 0.717) is 56.6 Å². The molecule has 0 aliphatic carbocycles. The molecule has 45 heavy (non-hydrogen) atoms. The van der Waals surface area contributed by atoms with Crippen molar-refractivity contribution in [3.05, 3.63) is 71.4 Å². The Labute approximate surface area is 265 Å². The van der Waals surface area contributed by atoms with E-state index in [1.54, 1.807) is 4.90 Å². The molecule has 0 bridgehead atoms. The second kappa shape index (κ2) is 12.8. The molecule has 0 radical (unpaired) electrons. The van der Waals surface area contributed by atoms with Crippen molar-refractivity contribution in [3.63, 3.8) is 0 Å². The van der Waals surface area contributed by atoms with E-state index < -0.39 is 0 Å². The number of aromatic nitrogens is 1. The lowest BCUT2D eigenvalue weighted by molar-refractivity contribution is -0.128. The summed E-state index contributed by atoms with van der Waals surface area (Å²) >= 11 is 0. The third-order valence-corrected chi connectivity index (χ3v) is 9.73. The van der Waals surface area contributed by atoms with Crippen molar-refractivity contribution in [3.8, 4) is 18.0 Å². The fourth-order valence-corrected chi connectivity index (χ4v) is 7.54. The summed E-state index contributed by atoms with van der Waals surface area (Å²) in [5.74, 6) is 0.791. The van der Waals surface area contributed by atoms with Crippen LogP contribution in [0.5, 0.6) is 5.88 Å². The van der Waals surface area contributed by atoms with E-state index in [2.05, 4.69) is 90.7 Å². The van der Waals surface area contributed by atoms with Gasteiger partial charge in [-0.3, -0.25) is 9.69 Å². The maximum absolute atomic E-state index is 12.6. The Balaban J connectivity index is 1.40. The Kier molecular flexibility index (Phi) is 8.65. The largest absolute Gasteiger partial charge is 0.475 e. The summed E-state index contributed by atoms with van der Waals surface area (Å²) in [6.45, 7) is 12.4. The van der Waals surface area contributed by atoms with Crippen molar-refractivity contribution in [1.82, 2.24) is 14.8 Å². The summed E-state index contributed by atoms with van der Waals surface area (Å²) in [5, 5.41) is 22.7. The predicted octanol–water partition coefficient (Wildman–Crippen LogP) is 4.81. The molecule has 9 heteroatoms. The van der Waals surface area contributed by atoms with Crippen molar-refractivity contribution in [2.45, 2.75) is 51.7 Å². The van der Waals surface area contributed by atoms with Crippen LogP contribution in [-0.2, 0) is 17.8 Å². The van der Waals surface area contributed by atoms with Crippen LogP contribution >= 0.6 is 0 Å². The first-order valence-corrected chi connectivity index (χ1v) is 15.9. The first kappa shape index (κ1) is 30.4. The van der Waals surface area contributed by atoms with Gasteiger partial charge in [-0.25, -0.2) is 4.98 Å². The van der Waals surface area contributed by atoms with Crippen LogP contribution in [0.15, 0.2) is 49.1 Å². The van der Waals surface area contributed by atoms with Crippen LogP contribution in [0.4, 0.5) is 11.4 Å². The normalized spacial score (nSPS) is 21.7. The van der Waals surface area contributed by atoms with Gasteiger partial charge in [0.05, 0.1) is 36.5 Å². The van der Waals surface area contributed by atoms with Crippen molar-refractivity contribution < 1.29 is 9.53 Å². The van der Waals surface area contributed by atoms with E-state index in [4.69, 9.17) is 9.72 Å². The fraction of sp³-hybridized carbons (Fsp3) is 0.444. The van der Waals surface area contributed by atoms with Crippen LogP contribution in [0, 0.1) is 35.5 Å². The Morgan fingerprint density at radius 3 is 2.62 bits per heavy atom. The monoisotopic (exact) mass is 603 g/mol. The summed E-state index contributed by atoms with van der Waals surface area (Å²) in [6.07, 6.45) is 3.27. The van der Waals surface area contributed by atoms with Gasteiger partial charge in [-0.15, -0.1) is 0 Å². The summed E-state index contributed by atoms with van der Waals surface area (Å²) in [4.78, 5) is 26.3. The lowest BCUT2D eigenvalue weighted by atomic mass is 9.95. The molecule has 1 aromatic heterocycles. The van der Waals surface area contributed by atoms with Crippen LogP contribution < -0.4 is 14.5 Å². The number of amides is 1.